The molecular weight excluding hydrogens is 314 g/mol. The van der Waals surface area contributed by atoms with Gasteiger partial charge in [-0.05, 0) is 12.1 Å². The van der Waals surface area contributed by atoms with Gasteiger partial charge in [0.05, 0.1) is 12.7 Å². The Morgan fingerprint density at radius 1 is 1.33 bits per heavy atom. The molecule has 2 N–H and O–H groups in total. The molecule has 3 rings (SSSR count). The number of carbonyl (C=O) groups excluding carboxylic acids is 1. The van der Waals surface area contributed by atoms with Gasteiger partial charge in [-0.15, -0.1) is 0 Å². The molecule has 3 aromatic rings. The number of methoxy groups -OCH3 is 1. The van der Waals surface area contributed by atoms with Gasteiger partial charge >= 0.3 is 0 Å². The van der Waals surface area contributed by atoms with Gasteiger partial charge in [0.15, 0.2) is 5.82 Å². The number of allylic oxidation sites excluding steroid dienone is 1. The number of rotatable bonds is 6. The van der Waals surface area contributed by atoms with Crippen LogP contribution in [0.5, 0.6) is 17.4 Å². The Labute approximate surface area is 136 Å². The highest BCUT2D eigenvalue weighted by Crippen LogP contribution is 2.28. The Morgan fingerprint density at radius 2 is 2.17 bits per heavy atom. The van der Waals surface area contributed by atoms with Crippen LogP contribution in [0.2, 0.25) is 0 Å². The van der Waals surface area contributed by atoms with E-state index < -0.39 is 5.78 Å². The van der Waals surface area contributed by atoms with E-state index in [1.165, 1.54) is 18.7 Å². The molecule has 24 heavy (non-hydrogen) atoms. The highest BCUT2D eigenvalue weighted by Gasteiger charge is 2.12. The van der Waals surface area contributed by atoms with Crippen molar-refractivity contribution in [2.24, 2.45) is 0 Å². The quantitative estimate of drug-likeness (QED) is 0.407. The third kappa shape index (κ3) is 3.43. The van der Waals surface area contributed by atoms with E-state index in [1.807, 2.05) is 0 Å². The van der Waals surface area contributed by atoms with Gasteiger partial charge in [0.2, 0.25) is 5.78 Å². The van der Waals surface area contributed by atoms with E-state index in [9.17, 15) is 9.90 Å². The van der Waals surface area contributed by atoms with Crippen molar-refractivity contribution in [3.05, 3.63) is 60.4 Å². The van der Waals surface area contributed by atoms with Crippen molar-refractivity contribution < 1.29 is 23.8 Å². The largest absolute Gasteiger partial charge is 0.507 e. The minimum absolute atomic E-state index is 0.0258. The minimum atomic E-state index is -0.513. The summed E-state index contributed by atoms with van der Waals surface area (Å²) in [4.78, 5) is 15.5. The van der Waals surface area contributed by atoms with Crippen molar-refractivity contribution in [1.82, 2.24) is 15.2 Å². The van der Waals surface area contributed by atoms with Crippen LogP contribution in [0.15, 0.2) is 53.4 Å². The molecule has 2 heterocycles. The average molecular weight is 327 g/mol. The molecule has 0 saturated heterocycles. The fourth-order valence-electron chi connectivity index (χ4n) is 1.89. The number of nitrogens with zero attached hydrogens (tertiary/aromatic N) is 2. The smallest absolute Gasteiger partial charge is 0.290 e. The monoisotopic (exact) mass is 327 g/mol. The molecule has 0 amide bonds. The van der Waals surface area contributed by atoms with Crippen LogP contribution in [0.3, 0.4) is 0 Å². The molecule has 0 aliphatic heterocycles. The van der Waals surface area contributed by atoms with Crippen LogP contribution < -0.4 is 9.47 Å². The number of benzene rings is 1. The lowest BCUT2D eigenvalue weighted by atomic mass is 10.2. The number of H-pyrrole nitrogens is 1. The maximum atomic E-state index is 11.8. The number of hydrogen-bond acceptors (Lipinski definition) is 7. The first kappa shape index (κ1) is 15.3. The van der Waals surface area contributed by atoms with Crippen molar-refractivity contribution >= 4 is 11.5 Å². The summed E-state index contributed by atoms with van der Waals surface area (Å²) in [7, 11) is 1.55. The fourth-order valence-corrected chi connectivity index (χ4v) is 1.89. The molecule has 0 aliphatic rings. The first-order chi connectivity index (χ1) is 11.7. The second kappa shape index (κ2) is 6.69. The number of aliphatic hydroxyl groups is 1. The molecular formula is C16H13N3O5. The second-order valence-corrected chi connectivity index (χ2v) is 4.66. The van der Waals surface area contributed by atoms with Crippen LogP contribution in [0.1, 0.15) is 16.2 Å². The topological polar surface area (TPSA) is 110 Å². The van der Waals surface area contributed by atoms with Gasteiger partial charge in [-0.3, -0.25) is 9.89 Å². The number of hydrogen-bond donors (Lipinski definition) is 2. The van der Waals surface area contributed by atoms with Crippen molar-refractivity contribution in [2.45, 2.75) is 0 Å². The molecule has 0 atom stereocenters. The third-order valence-electron chi connectivity index (χ3n) is 3.05. The average Bonchev–Trinajstić information content (AvgIpc) is 3.26. The van der Waals surface area contributed by atoms with Gasteiger partial charge < -0.3 is 19.0 Å². The number of ketones is 1. The van der Waals surface area contributed by atoms with E-state index in [4.69, 9.17) is 13.9 Å². The number of furan rings is 1. The van der Waals surface area contributed by atoms with E-state index in [2.05, 4.69) is 15.2 Å². The number of aromatic amines is 1. The van der Waals surface area contributed by atoms with Crippen molar-refractivity contribution in [3.8, 4) is 17.4 Å². The summed E-state index contributed by atoms with van der Waals surface area (Å²) in [5, 5.41) is 16.0. The molecule has 8 nitrogen and oxygen atoms in total. The predicted molar refractivity (Wildman–Crippen MR) is 83.1 cm³/mol. The Kier molecular flexibility index (Phi) is 4.28. The number of aromatic nitrogens is 3. The number of nitrogens with one attached hydrogen (secondary N) is 1. The maximum absolute atomic E-state index is 11.8. The fraction of sp³-hybridized carbons (Fsp3) is 0.0625. The van der Waals surface area contributed by atoms with Gasteiger partial charge in [-0.25, -0.2) is 4.98 Å². The summed E-state index contributed by atoms with van der Waals surface area (Å²) < 4.78 is 15.9. The summed E-state index contributed by atoms with van der Waals surface area (Å²) in [6.07, 6.45) is 3.49. The Morgan fingerprint density at radius 3 is 2.92 bits per heavy atom. The van der Waals surface area contributed by atoms with Crippen molar-refractivity contribution in [1.29, 1.82) is 0 Å². The molecule has 1 aromatic carbocycles. The Bertz CT molecular complexity index is 867. The summed E-state index contributed by atoms with van der Waals surface area (Å²) in [6.45, 7) is 0. The SMILES string of the molecule is COc1cccc(Oc2cc(C(O)=CC(=O)c3ncn[nH]3)co2)c1. The zero-order chi connectivity index (χ0) is 16.9. The number of carbonyl (C=O) groups is 1. The number of ether oxygens (including phenoxy) is 2. The summed E-state index contributed by atoms with van der Waals surface area (Å²) >= 11 is 0. The van der Waals surface area contributed by atoms with E-state index in [0.29, 0.717) is 17.1 Å². The second-order valence-electron chi connectivity index (χ2n) is 4.66. The lowest BCUT2D eigenvalue weighted by Crippen LogP contribution is -1.98. The Hall–Kier alpha value is -3.55. The molecule has 8 heteroatoms. The normalized spacial score (nSPS) is 11.3. The number of aliphatic hydroxyl groups excluding tert-OH is 1. The molecule has 0 aliphatic carbocycles. The third-order valence-corrected chi connectivity index (χ3v) is 3.05. The van der Waals surface area contributed by atoms with Crippen LogP contribution in [0.4, 0.5) is 0 Å². The predicted octanol–water partition coefficient (Wildman–Crippen LogP) is 2.98. The van der Waals surface area contributed by atoms with E-state index in [1.54, 1.807) is 31.4 Å². The molecule has 2 aromatic heterocycles. The van der Waals surface area contributed by atoms with Gasteiger partial charge in [-0.2, -0.15) is 5.10 Å². The first-order valence-electron chi connectivity index (χ1n) is 6.87. The van der Waals surface area contributed by atoms with E-state index in [0.717, 1.165) is 6.08 Å². The summed E-state index contributed by atoms with van der Waals surface area (Å²) in [5.41, 5.74) is 0.292. The summed E-state index contributed by atoms with van der Waals surface area (Å²) in [5.74, 6) is 0.543. The summed E-state index contributed by atoms with van der Waals surface area (Å²) in [6, 6.07) is 8.42. The van der Waals surface area contributed by atoms with Gasteiger partial charge in [0, 0.05) is 18.2 Å². The highest BCUT2D eigenvalue weighted by atomic mass is 16.6. The van der Waals surface area contributed by atoms with E-state index in [-0.39, 0.29) is 17.5 Å². The lowest BCUT2D eigenvalue weighted by molar-refractivity contribution is 0.103. The van der Waals surface area contributed by atoms with Gasteiger partial charge in [0.1, 0.15) is 29.8 Å². The van der Waals surface area contributed by atoms with Crippen molar-refractivity contribution in [2.75, 3.05) is 7.11 Å². The Balaban J connectivity index is 1.73. The lowest BCUT2D eigenvalue weighted by Gasteiger charge is -2.03. The molecule has 0 saturated carbocycles. The van der Waals surface area contributed by atoms with Crippen LogP contribution in [0, 0.1) is 0 Å². The first-order valence-corrected chi connectivity index (χ1v) is 6.87. The maximum Gasteiger partial charge on any atom is 0.290 e. The van der Waals surface area contributed by atoms with Crippen molar-refractivity contribution in [3.63, 3.8) is 0 Å². The van der Waals surface area contributed by atoms with Crippen LogP contribution in [-0.2, 0) is 0 Å². The molecule has 122 valence electrons. The molecule has 0 radical (unpaired) electrons. The molecule has 0 unspecified atom stereocenters. The molecule has 0 spiro atoms. The minimum Gasteiger partial charge on any atom is -0.507 e. The van der Waals surface area contributed by atoms with Gasteiger partial charge in [0.25, 0.3) is 5.95 Å². The standard InChI is InChI=1S/C16H13N3O5/c1-22-11-3-2-4-12(6-11)24-15-5-10(8-23-15)13(20)7-14(21)16-17-9-18-19-16/h2-9,20H,1H3,(H,17,18,19). The van der Waals surface area contributed by atoms with E-state index >= 15 is 0 Å². The van der Waals surface area contributed by atoms with Gasteiger partial charge in [-0.1, -0.05) is 6.07 Å². The molecule has 0 bridgehead atoms. The van der Waals surface area contributed by atoms with Crippen LogP contribution in [-0.4, -0.2) is 33.2 Å². The zero-order valence-corrected chi connectivity index (χ0v) is 12.6. The van der Waals surface area contributed by atoms with Crippen LogP contribution >= 0.6 is 0 Å². The highest BCUT2D eigenvalue weighted by molar-refractivity contribution is 6.05. The van der Waals surface area contributed by atoms with Crippen LogP contribution in [0.25, 0.3) is 5.76 Å². The zero-order valence-electron chi connectivity index (χ0n) is 12.6. The molecule has 0 fully saturated rings.